The lowest BCUT2D eigenvalue weighted by atomic mass is 9.65. The van der Waals surface area contributed by atoms with Crippen molar-refractivity contribution < 1.29 is 4.42 Å². The van der Waals surface area contributed by atoms with E-state index >= 15 is 0 Å². The Morgan fingerprint density at radius 1 is 0.343 bits per heavy atom. The van der Waals surface area contributed by atoms with Gasteiger partial charge in [-0.3, -0.25) is 0 Å². The van der Waals surface area contributed by atoms with Gasteiger partial charge in [0.25, 0.3) is 0 Å². The van der Waals surface area contributed by atoms with E-state index in [9.17, 15) is 0 Å². The summed E-state index contributed by atoms with van der Waals surface area (Å²) in [5.74, 6) is 0. The Morgan fingerprint density at radius 3 is 1.73 bits per heavy atom. The number of benzene rings is 12. The van der Waals surface area contributed by atoms with Crippen molar-refractivity contribution in [1.29, 1.82) is 0 Å². The second-order valence-corrected chi connectivity index (χ2v) is 19.1. The second kappa shape index (κ2) is 13.9. The van der Waals surface area contributed by atoms with E-state index in [4.69, 9.17) is 4.42 Å². The molecule has 0 radical (unpaired) electrons. The molecule has 0 saturated heterocycles. The molecule has 12 aromatic carbocycles. The number of aromatic nitrogens is 1. The fraction of sp³-hybridized carbons (Fsp3) is 0.0149. The van der Waals surface area contributed by atoms with Gasteiger partial charge in [0.2, 0.25) is 0 Å². The monoisotopic (exact) mass is 888 g/mol. The van der Waals surface area contributed by atoms with Gasteiger partial charge in [-0.15, -0.1) is 0 Å². The Morgan fingerprint density at radius 2 is 0.914 bits per heavy atom. The predicted molar refractivity (Wildman–Crippen MR) is 292 cm³/mol. The number of furan rings is 1. The van der Waals surface area contributed by atoms with Crippen molar-refractivity contribution in [3.63, 3.8) is 0 Å². The average molecular weight is 889 g/mol. The zero-order chi connectivity index (χ0) is 45.7. The number of para-hydroxylation sites is 4. The number of fused-ring (bicyclic) bond motifs is 21. The minimum absolute atomic E-state index is 0.577. The van der Waals surface area contributed by atoms with Crippen LogP contribution < -0.4 is 4.90 Å². The van der Waals surface area contributed by atoms with E-state index in [-0.39, 0.29) is 0 Å². The quantitative estimate of drug-likeness (QED) is 0.164. The first kappa shape index (κ1) is 37.9. The molecule has 70 heavy (non-hydrogen) atoms. The van der Waals surface area contributed by atoms with Crippen LogP contribution in [0.5, 0.6) is 0 Å². The van der Waals surface area contributed by atoms with Gasteiger partial charge in [0.1, 0.15) is 11.2 Å². The number of nitrogens with zero attached hydrogens (tertiary/aromatic N) is 2. The van der Waals surface area contributed by atoms with Crippen molar-refractivity contribution in [3.05, 3.63) is 265 Å². The lowest BCUT2D eigenvalue weighted by Crippen LogP contribution is -2.33. The molecule has 3 heterocycles. The maximum Gasteiger partial charge on any atom is 0.135 e. The molecule has 16 rings (SSSR count). The van der Waals surface area contributed by atoms with Crippen LogP contribution in [0.1, 0.15) is 22.3 Å². The number of hydrogen-bond acceptors (Lipinski definition) is 2. The maximum atomic E-state index is 6.23. The fourth-order valence-corrected chi connectivity index (χ4v) is 12.9. The molecule has 2 aromatic heterocycles. The summed E-state index contributed by atoms with van der Waals surface area (Å²) in [6.07, 6.45) is 0. The highest BCUT2D eigenvalue weighted by Crippen LogP contribution is 2.63. The third-order valence-corrected chi connectivity index (χ3v) is 15.8. The zero-order valence-corrected chi connectivity index (χ0v) is 37.9. The average Bonchev–Trinajstić information content (AvgIpc) is 4.08. The van der Waals surface area contributed by atoms with Gasteiger partial charge in [-0.25, -0.2) is 0 Å². The van der Waals surface area contributed by atoms with Crippen LogP contribution in [0.4, 0.5) is 17.1 Å². The lowest BCUT2D eigenvalue weighted by molar-refractivity contribution is 0.669. The molecule has 3 heteroatoms. The molecule has 1 aliphatic heterocycles. The summed E-state index contributed by atoms with van der Waals surface area (Å²) < 4.78 is 8.76. The molecule has 0 bridgehead atoms. The first-order chi connectivity index (χ1) is 34.7. The van der Waals surface area contributed by atoms with Crippen molar-refractivity contribution >= 4 is 93.1 Å². The van der Waals surface area contributed by atoms with Crippen LogP contribution in [0.15, 0.2) is 247 Å². The third kappa shape index (κ3) is 4.88. The smallest absolute Gasteiger partial charge is 0.135 e. The molecule has 3 nitrogen and oxygen atoms in total. The van der Waals surface area contributed by atoms with Gasteiger partial charge in [0.15, 0.2) is 0 Å². The molecule has 0 N–H and O–H groups in total. The Balaban J connectivity index is 0.971. The van der Waals surface area contributed by atoms with Crippen molar-refractivity contribution in [2.24, 2.45) is 0 Å². The van der Waals surface area contributed by atoms with Gasteiger partial charge in [0, 0.05) is 38.5 Å². The molecule has 2 aliphatic rings. The summed E-state index contributed by atoms with van der Waals surface area (Å²) in [4.78, 5) is 2.51. The summed E-state index contributed by atoms with van der Waals surface area (Å²) in [7, 11) is 0. The molecule has 324 valence electrons. The molecule has 1 spiro atoms. The van der Waals surface area contributed by atoms with Gasteiger partial charge >= 0.3 is 0 Å². The normalized spacial score (nSPS) is 14.6. The van der Waals surface area contributed by atoms with E-state index in [0.29, 0.717) is 0 Å². The minimum atomic E-state index is -0.577. The van der Waals surface area contributed by atoms with Gasteiger partial charge in [-0.05, 0) is 132 Å². The molecule has 0 fully saturated rings. The zero-order valence-electron chi connectivity index (χ0n) is 37.9. The Hall–Kier alpha value is -9.18. The van der Waals surface area contributed by atoms with E-state index in [1.54, 1.807) is 0 Å². The van der Waals surface area contributed by atoms with Crippen LogP contribution in [-0.4, -0.2) is 4.57 Å². The summed E-state index contributed by atoms with van der Waals surface area (Å²) in [6.45, 7) is 0. The SMILES string of the molecule is c1ccc2c(c1)-c1c(N(c3ccc(-c4ccc5oc6ccccc6c5c4)cc3)c3ccc4c5ccccc5c5ccccc5c4c3)cccc1C21c2ccccc2-n2c3ccccc3c3cccc1c32. The molecular weight excluding hydrogens is 849 g/mol. The van der Waals surface area contributed by atoms with Crippen molar-refractivity contribution in [3.8, 4) is 27.9 Å². The molecule has 1 unspecified atom stereocenters. The summed E-state index contributed by atoms with van der Waals surface area (Å²) >= 11 is 0. The van der Waals surface area contributed by atoms with Gasteiger partial charge < -0.3 is 13.9 Å². The molecule has 1 atom stereocenters. The van der Waals surface area contributed by atoms with Crippen LogP contribution in [0.25, 0.3) is 104 Å². The largest absolute Gasteiger partial charge is 0.456 e. The van der Waals surface area contributed by atoms with Crippen LogP contribution in [0.3, 0.4) is 0 Å². The summed E-state index contributed by atoms with van der Waals surface area (Å²) in [5, 5.41) is 12.4. The highest BCUT2D eigenvalue weighted by molar-refractivity contribution is 6.26. The van der Waals surface area contributed by atoms with Crippen LogP contribution >= 0.6 is 0 Å². The molecular formula is C67H40N2O. The highest BCUT2D eigenvalue weighted by Gasteiger charge is 2.51. The Kier molecular flexibility index (Phi) is 7.54. The Labute approximate surface area is 403 Å². The second-order valence-electron chi connectivity index (χ2n) is 19.1. The fourth-order valence-electron chi connectivity index (χ4n) is 12.9. The Bertz CT molecular complexity index is 4520. The molecule has 14 aromatic rings. The first-order valence-corrected chi connectivity index (χ1v) is 24.2. The van der Waals surface area contributed by atoms with Gasteiger partial charge in [-0.2, -0.15) is 0 Å². The van der Waals surface area contributed by atoms with Crippen molar-refractivity contribution in [2.45, 2.75) is 5.41 Å². The van der Waals surface area contributed by atoms with E-state index in [1.165, 1.54) is 93.2 Å². The van der Waals surface area contributed by atoms with Gasteiger partial charge in [0.05, 0.1) is 27.8 Å². The van der Waals surface area contributed by atoms with Crippen molar-refractivity contribution in [1.82, 2.24) is 4.57 Å². The van der Waals surface area contributed by atoms with Crippen molar-refractivity contribution in [2.75, 3.05) is 4.90 Å². The molecule has 0 amide bonds. The summed E-state index contributed by atoms with van der Waals surface area (Å²) in [6, 6.07) is 90.2. The lowest BCUT2D eigenvalue weighted by Gasteiger charge is -2.39. The number of anilines is 3. The molecule has 0 saturated carbocycles. The van der Waals surface area contributed by atoms with E-state index in [1.807, 2.05) is 12.1 Å². The van der Waals surface area contributed by atoms with Crippen LogP contribution in [0, 0.1) is 0 Å². The minimum Gasteiger partial charge on any atom is -0.456 e. The maximum absolute atomic E-state index is 6.23. The topological polar surface area (TPSA) is 21.3 Å². The number of rotatable bonds is 4. The van der Waals surface area contributed by atoms with Crippen LogP contribution in [0.2, 0.25) is 0 Å². The van der Waals surface area contributed by atoms with E-state index in [2.05, 4.69) is 240 Å². The highest BCUT2D eigenvalue weighted by atomic mass is 16.3. The van der Waals surface area contributed by atoms with Gasteiger partial charge in [-0.1, -0.05) is 182 Å². The predicted octanol–water partition coefficient (Wildman–Crippen LogP) is 18.0. The third-order valence-electron chi connectivity index (χ3n) is 15.8. The number of hydrogen-bond donors (Lipinski definition) is 0. The standard InChI is InChI=1S/C67H40N2O/c1-2-17-47-45(15-1)46-16-3-4-18-48(46)54-40-44(36-37-49(47)54)68(43-34-31-41(32-35-43)42-33-38-64-55(39-42)51-20-7-12-30-63(51)70-64)62-29-14-25-58-65(62)53-21-5-8-23-56(53)67(58)57-24-9-11-28-61(57)69-60-27-10-6-19-50(60)52-22-13-26-59(67)66(52)69/h1-40H. The van der Waals surface area contributed by atoms with E-state index < -0.39 is 5.41 Å². The summed E-state index contributed by atoms with van der Waals surface area (Å²) in [5.41, 5.74) is 18.3. The van der Waals surface area contributed by atoms with Crippen LogP contribution in [-0.2, 0) is 5.41 Å². The first-order valence-electron chi connectivity index (χ1n) is 24.2. The molecule has 1 aliphatic carbocycles. The van der Waals surface area contributed by atoms with E-state index in [0.717, 1.165) is 50.1 Å².